The molecule has 0 aromatic heterocycles. The van der Waals surface area contributed by atoms with E-state index in [1.807, 2.05) is 42.5 Å². The predicted molar refractivity (Wildman–Crippen MR) is 89.4 cm³/mol. The van der Waals surface area contributed by atoms with Gasteiger partial charge in [0.2, 0.25) is 0 Å². The van der Waals surface area contributed by atoms with E-state index in [-0.39, 0.29) is 5.97 Å². The Bertz CT molecular complexity index is 576. The van der Waals surface area contributed by atoms with E-state index < -0.39 is 0 Å². The number of unbranched alkanes of at least 4 members (excludes halogenated alkanes) is 1. The maximum absolute atomic E-state index is 11.7. The van der Waals surface area contributed by atoms with Crippen LogP contribution in [-0.4, -0.2) is 17.9 Å². The van der Waals surface area contributed by atoms with Crippen molar-refractivity contribution < 1.29 is 9.53 Å². The van der Waals surface area contributed by atoms with Crippen LogP contribution in [0.2, 0.25) is 0 Å². The van der Waals surface area contributed by atoms with Crippen LogP contribution in [0.3, 0.4) is 0 Å². The van der Waals surface area contributed by atoms with Crippen molar-refractivity contribution in [1.29, 1.82) is 0 Å². The number of carbonyl (C=O) groups is 1. The van der Waals surface area contributed by atoms with Gasteiger partial charge in [0.25, 0.3) is 0 Å². The Morgan fingerprint density at radius 3 is 2.33 bits per heavy atom. The van der Waals surface area contributed by atoms with Gasteiger partial charge in [0.15, 0.2) is 0 Å². The minimum atomic E-state index is -0.188. The first-order valence-corrected chi connectivity index (χ1v) is 7.50. The van der Waals surface area contributed by atoms with Gasteiger partial charge in [-0.1, -0.05) is 66.8 Å². The summed E-state index contributed by atoms with van der Waals surface area (Å²) < 4.78 is 5.16. The second-order valence-electron chi connectivity index (χ2n) is 4.77. The fourth-order valence-corrected chi connectivity index (χ4v) is 2.18. The molecule has 2 aromatic carbocycles. The lowest BCUT2D eigenvalue weighted by Gasteiger charge is -2.05. The molecule has 21 heavy (non-hydrogen) atoms. The molecule has 0 amide bonds. The number of hydrogen-bond donors (Lipinski definition) is 0. The van der Waals surface area contributed by atoms with E-state index in [0.717, 1.165) is 24.0 Å². The van der Waals surface area contributed by atoms with Crippen LogP contribution >= 0.6 is 12.2 Å². The van der Waals surface area contributed by atoms with Gasteiger partial charge in [-0.3, -0.25) is 4.79 Å². The van der Waals surface area contributed by atoms with Gasteiger partial charge in [0.05, 0.1) is 13.0 Å². The molecule has 0 aliphatic carbocycles. The number of rotatable bonds is 7. The van der Waals surface area contributed by atoms with Crippen molar-refractivity contribution >= 4 is 23.6 Å². The lowest BCUT2D eigenvalue weighted by atomic mass is 10.0. The highest BCUT2D eigenvalue weighted by atomic mass is 32.1. The summed E-state index contributed by atoms with van der Waals surface area (Å²) >= 11 is 4.72. The Kier molecular flexibility index (Phi) is 6.10. The number of benzene rings is 2. The molecule has 2 nitrogen and oxygen atoms in total. The molecule has 0 fully saturated rings. The molecule has 3 heteroatoms. The summed E-state index contributed by atoms with van der Waals surface area (Å²) in [6, 6.07) is 18.2. The zero-order valence-corrected chi connectivity index (χ0v) is 12.6. The van der Waals surface area contributed by atoms with Crippen LogP contribution < -0.4 is 0 Å². The third kappa shape index (κ3) is 5.12. The first kappa shape index (κ1) is 15.4. The Morgan fingerprint density at radius 2 is 1.67 bits per heavy atom. The second-order valence-corrected chi connectivity index (χ2v) is 5.10. The second kappa shape index (κ2) is 8.32. The minimum absolute atomic E-state index is 0.188. The van der Waals surface area contributed by atoms with Gasteiger partial charge in [-0.2, -0.15) is 0 Å². The average Bonchev–Trinajstić information content (AvgIpc) is 2.53. The van der Waals surface area contributed by atoms with Crippen molar-refractivity contribution in [2.45, 2.75) is 19.3 Å². The van der Waals surface area contributed by atoms with Crippen LogP contribution in [0.25, 0.3) is 11.1 Å². The van der Waals surface area contributed by atoms with Gasteiger partial charge < -0.3 is 4.74 Å². The molecule has 0 aliphatic heterocycles. The Hall–Kier alpha value is -2.00. The summed E-state index contributed by atoms with van der Waals surface area (Å²) in [7, 11) is 0. The number of hydrogen-bond acceptors (Lipinski definition) is 3. The molecule has 0 aliphatic rings. The van der Waals surface area contributed by atoms with Crippen molar-refractivity contribution in [2.75, 3.05) is 6.61 Å². The van der Waals surface area contributed by atoms with Gasteiger partial charge >= 0.3 is 5.97 Å². The monoisotopic (exact) mass is 298 g/mol. The molecule has 0 radical (unpaired) electrons. The van der Waals surface area contributed by atoms with E-state index in [1.54, 1.807) is 5.37 Å². The smallest absolute Gasteiger partial charge is 0.310 e. The minimum Gasteiger partial charge on any atom is -0.465 e. The average molecular weight is 298 g/mol. The van der Waals surface area contributed by atoms with Crippen molar-refractivity contribution in [3.63, 3.8) is 0 Å². The van der Waals surface area contributed by atoms with E-state index in [1.165, 1.54) is 5.56 Å². The molecule has 2 rings (SSSR count). The van der Waals surface area contributed by atoms with Crippen molar-refractivity contribution in [3.8, 4) is 11.1 Å². The lowest BCUT2D eigenvalue weighted by Crippen LogP contribution is -2.09. The van der Waals surface area contributed by atoms with Gasteiger partial charge in [0, 0.05) is 0 Å². The number of ether oxygens (including phenoxy) is 1. The molecule has 0 saturated heterocycles. The summed E-state index contributed by atoms with van der Waals surface area (Å²) in [4.78, 5) is 11.7. The molecule has 0 atom stereocenters. The van der Waals surface area contributed by atoms with Crippen LogP contribution in [0.15, 0.2) is 54.6 Å². The van der Waals surface area contributed by atoms with E-state index >= 15 is 0 Å². The quantitative estimate of drug-likeness (QED) is 0.435. The van der Waals surface area contributed by atoms with Crippen molar-refractivity contribution in [3.05, 3.63) is 60.2 Å². The van der Waals surface area contributed by atoms with E-state index in [2.05, 4.69) is 12.1 Å². The van der Waals surface area contributed by atoms with Crippen LogP contribution in [0, 0.1) is 0 Å². The predicted octanol–water partition coefficient (Wildman–Crippen LogP) is 4.22. The summed E-state index contributed by atoms with van der Waals surface area (Å²) in [5.41, 5.74) is 3.29. The molecular weight excluding hydrogens is 280 g/mol. The largest absolute Gasteiger partial charge is 0.465 e. The van der Waals surface area contributed by atoms with Crippen LogP contribution in [0.4, 0.5) is 0 Å². The highest BCUT2D eigenvalue weighted by molar-refractivity contribution is 7.78. The summed E-state index contributed by atoms with van der Waals surface area (Å²) in [5.74, 6) is -0.188. The van der Waals surface area contributed by atoms with E-state index in [4.69, 9.17) is 17.0 Å². The molecule has 0 saturated carbocycles. The highest BCUT2D eigenvalue weighted by Gasteiger charge is 2.05. The molecule has 108 valence electrons. The molecule has 0 heterocycles. The Morgan fingerprint density at radius 1 is 1.00 bits per heavy atom. The third-order valence-electron chi connectivity index (χ3n) is 3.14. The Balaban J connectivity index is 1.88. The Labute approximate surface area is 130 Å². The standard InChI is InChI=1S/C18H18O2S/c19-18(20-12-4-5-13-21)14-15-8-10-17(11-9-15)16-6-2-1-3-7-16/h1-3,6-11,13H,4-5,12,14H2. The molecule has 0 N–H and O–H groups in total. The molecule has 0 spiro atoms. The first-order chi connectivity index (χ1) is 10.3. The summed E-state index contributed by atoms with van der Waals surface area (Å²) in [5, 5.41) is 1.66. The van der Waals surface area contributed by atoms with Crippen LogP contribution in [-0.2, 0) is 16.0 Å². The molecule has 0 bridgehead atoms. The third-order valence-corrected chi connectivity index (χ3v) is 3.37. The van der Waals surface area contributed by atoms with Crippen LogP contribution in [0.1, 0.15) is 18.4 Å². The molecule has 2 aromatic rings. The maximum atomic E-state index is 11.7. The SMILES string of the molecule is O=C(Cc1ccc(-c2ccccc2)cc1)OCCCC=S. The molecular formula is C18H18O2S. The first-order valence-electron chi connectivity index (χ1n) is 7.03. The number of esters is 1. The number of thiocarbonyl (C=S) groups is 1. The fraction of sp³-hybridized carbons (Fsp3) is 0.222. The van der Waals surface area contributed by atoms with Crippen molar-refractivity contribution in [2.24, 2.45) is 0 Å². The lowest BCUT2D eigenvalue weighted by molar-refractivity contribution is -0.142. The summed E-state index contributed by atoms with van der Waals surface area (Å²) in [6.45, 7) is 0.439. The van der Waals surface area contributed by atoms with Gasteiger partial charge in [-0.05, 0) is 34.9 Å². The zero-order valence-electron chi connectivity index (χ0n) is 11.8. The summed E-state index contributed by atoms with van der Waals surface area (Å²) in [6.07, 6.45) is 1.91. The van der Waals surface area contributed by atoms with Gasteiger partial charge in [-0.15, -0.1) is 0 Å². The zero-order chi connectivity index (χ0) is 14.9. The fourth-order valence-electron chi connectivity index (χ4n) is 2.02. The van der Waals surface area contributed by atoms with Gasteiger partial charge in [0.1, 0.15) is 0 Å². The normalized spacial score (nSPS) is 10.1. The highest BCUT2D eigenvalue weighted by Crippen LogP contribution is 2.19. The topological polar surface area (TPSA) is 26.3 Å². The van der Waals surface area contributed by atoms with Crippen LogP contribution in [0.5, 0.6) is 0 Å². The van der Waals surface area contributed by atoms with E-state index in [0.29, 0.717) is 13.0 Å². The van der Waals surface area contributed by atoms with Gasteiger partial charge in [-0.25, -0.2) is 0 Å². The van der Waals surface area contributed by atoms with Crippen molar-refractivity contribution in [1.82, 2.24) is 0 Å². The number of carbonyl (C=O) groups excluding carboxylic acids is 1. The van der Waals surface area contributed by atoms with E-state index in [9.17, 15) is 4.79 Å². The maximum Gasteiger partial charge on any atom is 0.310 e. The molecule has 0 unspecified atom stereocenters.